The first kappa shape index (κ1) is 42.5. The summed E-state index contributed by atoms with van der Waals surface area (Å²) in [5.41, 5.74) is 0. The number of hydrogen-bond acceptors (Lipinski definition) is 17. The van der Waals surface area contributed by atoms with Crippen LogP contribution in [0.15, 0.2) is 0 Å². The molecule has 0 fully saturated rings. The van der Waals surface area contributed by atoms with Gasteiger partial charge in [0.1, 0.15) is 24.4 Å². The quantitative estimate of drug-likeness (QED) is 0.141. The van der Waals surface area contributed by atoms with Crippen molar-refractivity contribution in [1.29, 1.82) is 0 Å². The van der Waals surface area contributed by atoms with Crippen LogP contribution in [0.4, 0.5) is 0 Å². The molecule has 0 aromatic heterocycles. The molecule has 0 aliphatic rings. The molecule has 0 amide bonds. The van der Waals surface area contributed by atoms with Crippen molar-refractivity contribution in [3.05, 3.63) is 0 Å². The van der Waals surface area contributed by atoms with Crippen LogP contribution < -0.4 is 26.6 Å². The van der Waals surface area contributed by atoms with E-state index in [0.717, 1.165) is 0 Å². The van der Waals surface area contributed by atoms with Gasteiger partial charge in [0.05, 0.1) is 50.3 Å². The number of rotatable bonds is 8. The first-order chi connectivity index (χ1) is 12.7. The van der Waals surface area contributed by atoms with Gasteiger partial charge >= 0.3 is 26.2 Å². The average molecular weight is 529 g/mol. The van der Waals surface area contributed by atoms with E-state index >= 15 is 0 Å². The second-order valence-corrected chi connectivity index (χ2v) is 4.07. The molecule has 0 rings (SSSR count). The molecular formula is C12H23NO16Zr. The van der Waals surface area contributed by atoms with Crippen LogP contribution in [-0.4, -0.2) is 116 Å². The minimum Gasteiger partial charge on any atom is -0.547 e. The zero-order valence-electron chi connectivity index (χ0n) is 15.2. The van der Waals surface area contributed by atoms with Crippen molar-refractivity contribution in [2.24, 2.45) is 0 Å². The number of carbonyl (C=O) groups is 4. The largest absolute Gasteiger partial charge is 4.00 e. The van der Waals surface area contributed by atoms with Gasteiger partial charge in [-0.05, 0) is 0 Å². The Morgan fingerprint density at radius 2 is 0.600 bits per heavy atom. The molecule has 0 spiro atoms. The van der Waals surface area contributed by atoms with Crippen molar-refractivity contribution in [3.8, 4) is 0 Å². The molecule has 0 saturated carbocycles. The van der Waals surface area contributed by atoms with Gasteiger partial charge in [-0.2, -0.15) is 0 Å². The number of aliphatic hydroxyl groups excluding tert-OH is 8. The van der Waals surface area contributed by atoms with E-state index < -0.39 is 74.7 Å². The third-order valence-electron chi connectivity index (χ3n) is 1.78. The Bertz CT molecular complexity index is 370. The van der Waals surface area contributed by atoms with Gasteiger partial charge in [0.15, 0.2) is 0 Å². The molecule has 0 bridgehead atoms. The van der Waals surface area contributed by atoms with E-state index in [1.165, 1.54) is 0 Å². The van der Waals surface area contributed by atoms with Crippen molar-refractivity contribution in [2.45, 2.75) is 24.4 Å². The van der Waals surface area contributed by atoms with Gasteiger partial charge in [-0.1, -0.05) is 0 Å². The number of aliphatic carboxylic acids is 4. The van der Waals surface area contributed by atoms with Gasteiger partial charge in [-0.15, -0.1) is 0 Å². The fourth-order valence-electron chi connectivity index (χ4n) is 0.298. The molecule has 0 heterocycles. The second-order valence-electron chi connectivity index (χ2n) is 4.07. The van der Waals surface area contributed by atoms with Gasteiger partial charge in [0.25, 0.3) is 0 Å². The van der Waals surface area contributed by atoms with E-state index in [2.05, 4.69) is 0 Å². The van der Waals surface area contributed by atoms with Gasteiger partial charge in [-0.3, -0.25) is 0 Å². The molecule has 18 heteroatoms. The second kappa shape index (κ2) is 27.4. The predicted molar refractivity (Wildman–Crippen MR) is 77.4 cm³/mol. The molecule has 4 atom stereocenters. The molecule has 0 aliphatic heterocycles. The van der Waals surface area contributed by atoms with E-state index in [1.807, 2.05) is 0 Å². The summed E-state index contributed by atoms with van der Waals surface area (Å²) in [6, 6.07) is 0. The molecule has 0 saturated heterocycles. The zero-order chi connectivity index (χ0) is 23.4. The molecule has 0 aromatic rings. The van der Waals surface area contributed by atoms with Crippen LogP contribution in [0.5, 0.6) is 0 Å². The number of carboxylic acid groups (broad SMARTS) is 4. The van der Waals surface area contributed by atoms with Crippen molar-refractivity contribution >= 4 is 23.9 Å². The molecule has 4 unspecified atom stereocenters. The number of carbonyl (C=O) groups excluding carboxylic acids is 4. The number of aliphatic hydroxyl groups is 8. The van der Waals surface area contributed by atoms with Crippen molar-refractivity contribution < 1.29 is 107 Å². The number of hydrogen-bond donors (Lipinski definition) is 9. The maximum atomic E-state index is 9.41. The average Bonchev–Trinajstić information content (AvgIpc) is 2.66. The van der Waals surface area contributed by atoms with Crippen LogP contribution in [0.3, 0.4) is 0 Å². The van der Waals surface area contributed by atoms with Gasteiger partial charge < -0.3 is 86.6 Å². The minimum absolute atomic E-state index is 0. The Morgan fingerprint density at radius 3 is 0.600 bits per heavy atom. The van der Waals surface area contributed by atoms with E-state index in [0.29, 0.717) is 0 Å². The van der Waals surface area contributed by atoms with Crippen LogP contribution in [0.25, 0.3) is 0 Å². The van der Waals surface area contributed by atoms with E-state index in [-0.39, 0.29) is 32.4 Å². The molecule has 176 valence electrons. The summed E-state index contributed by atoms with van der Waals surface area (Å²) in [5, 5.41) is 101. The van der Waals surface area contributed by atoms with Crippen LogP contribution in [0.1, 0.15) is 0 Å². The van der Waals surface area contributed by atoms with Crippen LogP contribution in [0, 0.1) is 0 Å². The van der Waals surface area contributed by atoms with Crippen molar-refractivity contribution in [3.63, 3.8) is 0 Å². The topological polar surface area (TPSA) is 357 Å². The Balaban J connectivity index is -0.0000000626. The van der Waals surface area contributed by atoms with E-state index in [9.17, 15) is 39.6 Å². The van der Waals surface area contributed by atoms with Crippen LogP contribution >= 0.6 is 0 Å². The Labute approximate surface area is 187 Å². The fourth-order valence-corrected chi connectivity index (χ4v) is 0.298. The normalized spacial score (nSPS) is 12.5. The minimum atomic E-state index is -1.74. The smallest absolute Gasteiger partial charge is 0.547 e. The van der Waals surface area contributed by atoms with Gasteiger partial charge in [0, 0.05) is 0 Å². The summed E-state index contributed by atoms with van der Waals surface area (Å²) >= 11 is 0. The van der Waals surface area contributed by atoms with Crippen LogP contribution in [-0.2, 0) is 45.4 Å². The maximum Gasteiger partial charge on any atom is 4.00 e. The molecule has 30 heavy (non-hydrogen) atoms. The van der Waals surface area contributed by atoms with Gasteiger partial charge in [-0.25, -0.2) is 0 Å². The standard InChI is InChI=1S/4C3H6O4.H3N.Zr/c4*4-1-2(5)3(6)7;;/h4*2,4-5H,1H2,(H,6,7);1H3;/q;;;;;+4/p-4. The first-order valence-electron chi connectivity index (χ1n) is 6.72. The van der Waals surface area contributed by atoms with Crippen molar-refractivity contribution in [2.75, 3.05) is 26.4 Å². The van der Waals surface area contributed by atoms with Crippen molar-refractivity contribution in [1.82, 2.24) is 6.15 Å². The Kier molecular flexibility index (Phi) is 38.8. The van der Waals surface area contributed by atoms with E-state index in [1.54, 1.807) is 0 Å². The molecular weight excluding hydrogens is 505 g/mol. The van der Waals surface area contributed by atoms with Crippen LogP contribution in [0.2, 0.25) is 0 Å². The molecule has 0 aromatic carbocycles. The summed E-state index contributed by atoms with van der Waals surface area (Å²) < 4.78 is 0. The summed E-state index contributed by atoms with van der Waals surface area (Å²) in [6.07, 6.45) is -6.94. The molecule has 17 nitrogen and oxygen atoms in total. The van der Waals surface area contributed by atoms with E-state index in [4.69, 9.17) is 40.9 Å². The maximum absolute atomic E-state index is 9.41. The summed E-state index contributed by atoms with van der Waals surface area (Å²) in [7, 11) is 0. The Hall–Kier alpha value is -1.60. The predicted octanol–water partition coefficient (Wildman–Crippen LogP) is -11.5. The summed E-state index contributed by atoms with van der Waals surface area (Å²) in [6.45, 7) is -3.16. The monoisotopic (exact) mass is 527 g/mol. The Morgan fingerprint density at radius 1 is 0.500 bits per heavy atom. The SMILES string of the molecule is N.O=C([O-])C(O)CO.O=C([O-])C(O)CO.O=C([O-])C(O)CO.O=C([O-])C(O)CO.[Zr+4]. The third-order valence-corrected chi connectivity index (χ3v) is 1.78. The molecule has 0 radical (unpaired) electrons. The summed E-state index contributed by atoms with van der Waals surface area (Å²) in [4.78, 5) is 37.6. The fraction of sp³-hybridized carbons (Fsp3) is 0.667. The summed E-state index contributed by atoms with van der Waals surface area (Å²) in [5.74, 6) is -6.60. The zero-order valence-corrected chi connectivity index (χ0v) is 17.6. The first-order valence-corrected chi connectivity index (χ1v) is 6.72. The number of carboxylic acids is 4. The molecule has 11 N–H and O–H groups in total. The third kappa shape index (κ3) is 33.9. The molecule has 0 aliphatic carbocycles. The van der Waals surface area contributed by atoms with Gasteiger partial charge in [0.2, 0.25) is 0 Å².